The Bertz CT molecular complexity index is 337. The van der Waals surface area contributed by atoms with Crippen LogP contribution in [0, 0.1) is 6.92 Å². The van der Waals surface area contributed by atoms with Crippen LogP contribution in [0.25, 0.3) is 0 Å². The van der Waals surface area contributed by atoms with Crippen LogP contribution < -0.4 is 10.5 Å². The topological polar surface area (TPSA) is 44.5 Å². The molecule has 1 aromatic rings. The number of hydrogen-bond acceptors (Lipinski definition) is 3. The predicted octanol–water partition coefficient (Wildman–Crippen LogP) is 2.47. The SMILES string of the molecule is Cc1cc(OCCOCCN)ccc1C(C)C. The van der Waals surface area contributed by atoms with Crippen molar-refractivity contribution >= 4 is 0 Å². The summed E-state index contributed by atoms with van der Waals surface area (Å²) < 4.78 is 10.8. The summed E-state index contributed by atoms with van der Waals surface area (Å²) in [5, 5.41) is 0. The van der Waals surface area contributed by atoms with E-state index in [2.05, 4.69) is 32.9 Å². The first-order chi connectivity index (χ1) is 8.15. The van der Waals surface area contributed by atoms with Crippen molar-refractivity contribution in [3.8, 4) is 5.75 Å². The van der Waals surface area contributed by atoms with Crippen LogP contribution in [0.2, 0.25) is 0 Å². The Balaban J connectivity index is 2.42. The van der Waals surface area contributed by atoms with E-state index in [-0.39, 0.29) is 0 Å². The fourth-order valence-corrected chi connectivity index (χ4v) is 1.79. The van der Waals surface area contributed by atoms with Gasteiger partial charge in [-0.1, -0.05) is 19.9 Å². The zero-order valence-electron chi connectivity index (χ0n) is 11.0. The van der Waals surface area contributed by atoms with Crippen LogP contribution >= 0.6 is 0 Å². The van der Waals surface area contributed by atoms with E-state index in [9.17, 15) is 0 Å². The number of benzene rings is 1. The van der Waals surface area contributed by atoms with Gasteiger partial charge in [0.05, 0.1) is 13.2 Å². The minimum absolute atomic E-state index is 0.553. The van der Waals surface area contributed by atoms with Crippen LogP contribution in [0.15, 0.2) is 18.2 Å². The molecule has 0 aliphatic carbocycles. The van der Waals surface area contributed by atoms with Gasteiger partial charge in [0.2, 0.25) is 0 Å². The molecule has 0 bridgehead atoms. The maximum atomic E-state index is 5.60. The first kappa shape index (κ1) is 14.0. The van der Waals surface area contributed by atoms with Crippen LogP contribution in [0.1, 0.15) is 30.9 Å². The Kier molecular flexibility index (Phi) is 6.01. The van der Waals surface area contributed by atoms with Crippen molar-refractivity contribution in [2.45, 2.75) is 26.7 Å². The molecule has 0 aromatic heterocycles. The van der Waals surface area contributed by atoms with E-state index >= 15 is 0 Å². The molecule has 0 aliphatic rings. The molecule has 0 amide bonds. The van der Waals surface area contributed by atoms with Gasteiger partial charge >= 0.3 is 0 Å². The van der Waals surface area contributed by atoms with Crippen LogP contribution in [-0.4, -0.2) is 26.4 Å². The van der Waals surface area contributed by atoms with Gasteiger partial charge in [0.15, 0.2) is 0 Å². The molecule has 0 saturated heterocycles. The highest BCUT2D eigenvalue weighted by molar-refractivity contribution is 5.36. The maximum Gasteiger partial charge on any atom is 0.119 e. The average Bonchev–Trinajstić information content (AvgIpc) is 2.28. The molecule has 0 fully saturated rings. The number of rotatable bonds is 7. The summed E-state index contributed by atoms with van der Waals surface area (Å²) in [5.41, 5.74) is 7.97. The summed E-state index contributed by atoms with van der Waals surface area (Å²) in [6.07, 6.45) is 0. The second-order valence-corrected chi connectivity index (χ2v) is 4.42. The van der Waals surface area contributed by atoms with Gasteiger partial charge in [-0.2, -0.15) is 0 Å². The fourth-order valence-electron chi connectivity index (χ4n) is 1.79. The average molecular weight is 237 g/mol. The number of ether oxygens (including phenoxy) is 2. The van der Waals surface area contributed by atoms with Gasteiger partial charge in [0.1, 0.15) is 12.4 Å². The van der Waals surface area contributed by atoms with E-state index in [4.69, 9.17) is 15.2 Å². The quantitative estimate of drug-likeness (QED) is 0.741. The fraction of sp³-hybridized carbons (Fsp3) is 0.571. The molecule has 1 aromatic carbocycles. The Labute approximate surface area is 104 Å². The minimum Gasteiger partial charge on any atom is -0.491 e. The first-order valence-corrected chi connectivity index (χ1v) is 6.16. The molecule has 0 radical (unpaired) electrons. The molecule has 2 N–H and O–H groups in total. The maximum absolute atomic E-state index is 5.60. The molecule has 0 unspecified atom stereocenters. The molecule has 1 rings (SSSR count). The molecule has 96 valence electrons. The molecule has 3 nitrogen and oxygen atoms in total. The van der Waals surface area contributed by atoms with Crippen molar-refractivity contribution in [1.29, 1.82) is 0 Å². The Morgan fingerprint density at radius 3 is 2.53 bits per heavy atom. The number of nitrogens with two attached hydrogens (primary N) is 1. The second-order valence-electron chi connectivity index (χ2n) is 4.42. The van der Waals surface area contributed by atoms with E-state index < -0.39 is 0 Å². The number of aryl methyl sites for hydroxylation is 1. The van der Waals surface area contributed by atoms with E-state index in [0.717, 1.165) is 5.75 Å². The standard InChI is InChI=1S/C14H23NO2/c1-11(2)14-5-4-13(10-12(14)3)17-9-8-16-7-6-15/h4-5,10-11H,6-9,15H2,1-3H3. The van der Waals surface area contributed by atoms with Gasteiger partial charge in [0, 0.05) is 6.54 Å². The third-order valence-corrected chi connectivity index (χ3v) is 2.62. The van der Waals surface area contributed by atoms with Crippen molar-refractivity contribution in [2.75, 3.05) is 26.4 Å². The molecular weight excluding hydrogens is 214 g/mol. The molecule has 3 heteroatoms. The summed E-state index contributed by atoms with van der Waals surface area (Å²) >= 11 is 0. The molecule has 0 spiro atoms. The number of hydrogen-bond donors (Lipinski definition) is 1. The Hall–Kier alpha value is -1.06. The lowest BCUT2D eigenvalue weighted by atomic mass is 9.98. The second kappa shape index (κ2) is 7.30. The van der Waals surface area contributed by atoms with Crippen molar-refractivity contribution in [1.82, 2.24) is 0 Å². The highest BCUT2D eigenvalue weighted by Gasteiger charge is 2.04. The molecule has 0 saturated carbocycles. The van der Waals surface area contributed by atoms with Gasteiger partial charge in [-0.25, -0.2) is 0 Å². The van der Waals surface area contributed by atoms with Gasteiger partial charge in [-0.05, 0) is 36.1 Å². The zero-order chi connectivity index (χ0) is 12.7. The van der Waals surface area contributed by atoms with Crippen LogP contribution in [0.3, 0.4) is 0 Å². The lowest BCUT2D eigenvalue weighted by molar-refractivity contribution is 0.106. The Morgan fingerprint density at radius 1 is 1.18 bits per heavy atom. The van der Waals surface area contributed by atoms with Gasteiger partial charge in [-0.3, -0.25) is 0 Å². The van der Waals surface area contributed by atoms with Crippen molar-refractivity contribution < 1.29 is 9.47 Å². The summed E-state index contributed by atoms with van der Waals surface area (Å²) in [6.45, 7) is 8.82. The monoisotopic (exact) mass is 237 g/mol. The van der Waals surface area contributed by atoms with Crippen molar-refractivity contribution in [3.05, 3.63) is 29.3 Å². The lowest BCUT2D eigenvalue weighted by Gasteiger charge is -2.12. The van der Waals surface area contributed by atoms with Crippen molar-refractivity contribution in [3.63, 3.8) is 0 Å². The van der Waals surface area contributed by atoms with Gasteiger partial charge in [0.25, 0.3) is 0 Å². The molecular formula is C14H23NO2. The summed E-state index contributed by atoms with van der Waals surface area (Å²) in [5.74, 6) is 1.46. The normalized spacial score (nSPS) is 10.9. The highest BCUT2D eigenvalue weighted by Crippen LogP contribution is 2.23. The van der Waals surface area contributed by atoms with Crippen LogP contribution in [-0.2, 0) is 4.74 Å². The van der Waals surface area contributed by atoms with Crippen LogP contribution in [0.5, 0.6) is 5.75 Å². The minimum atomic E-state index is 0.553. The zero-order valence-corrected chi connectivity index (χ0v) is 11.0. The van der Waals surface area contributed by atoms with Crippen LogP contribution in [0.4, 0.5) is 0 Å². The van der Waals surface area contributed by atoms with Gasteiger partial charge in [-0.15, -0.1) is 0 Å². The molecule has 0 atom stereocenters. The Morgan fingerprint density at radius 2 is 1.94 bits per heavy atom. The van der Waals surface area contributed by atoms with E-state index in [1.165, 1.54) is 11.1 Å². The summed E-state index contributed by atoms with van der Waals surface area (Å²) in [4.78, 5) is 0. The summed E-state index contributed by atoms with van der Waals surface area (Å²) in [6, 6.07) is 6.24. The molecule has 17 heavy (non-hydrogen) atoms. The summed E-state index contributed by atoms with van der Waals surface area (Å²) in [7, 11) is 0. The highest BCUT2D eigenvalue weighted by atomic mass is 16.5. The van der Waals surface area contributed by atoms with E-state index in [0.29, 0.717) is 32.3 Å². The molecule has 0 heterocycles. The third kappa shape index (κ3) is 4.75. The first-order valence-electron chi connectivity index (χ1n) is 6.16. The lowest BCUT2D eigenvalue weighted by Crippen LogP contribution is -2.13. The van der Waals surface area contributed by atoms with Gasteiger partial charge < -0.3 is 15.2 Å². The van der Waals surface area contributed by atoms with Crippen molar-refractivity contribution in [2.24, 2.45) is 5.73 Å². The molecule has 0 aliphatic heterocycles. The predicted molar refractivity (Wildman–Crippen MR) is 70.6 cm³/mol. The van der Waals surface area contributed by atoms with E-state index in [1.807, 2.05) is 6.07 Å². The third-order valence-electron chi connectivity index (χ3n) is 2.62. The van der Waals surface area contributed by atoms with E-state index in [1.54, 1.807) is 0 Å². The largest absolute Gasteiger partial charge is 0.491 e. The smallest absolute Gasteiger partial charge is 0.119 e.